The van der Waals surface area contributed by atoms with E-state index < -0.39 is 0 Å². The molecule has 1 amide bonds. The van der Waals surface area contributed by atoms with Crippen LogP contribution in [0.3, 0.4) is 0 Å². The van der Waals surface area contributed by atoms with Crippen molar-refractivity contribution in [3.05, 3.63) is 96.8 Å². The number of likely N-dealkylation sites (tertiary alicyclic amines) is 1. The van der Waals surface area contributed by atoms with E-state index >= 15 is 0 Å². The van der Waals surface area contributed by atoms with Crippen molar-refractivity contribution >= 4 is 17.4 Å². The minimum atomic E-state index is -0.204. The Balaban J connectivity index is 1.55. The molecule has 1 atom stereocenters. The molecule has 1 aliphatic rings. The Hall–Kier alpha value is -4.13. The van der Waals surface area contributed by atoms with Gasteiger partial charge in [-0.2, -0.15) is 0 Å². The number of nitrogens with one attached hydrogen (secondary N) is 1. The summed E-state index contributed by atoms with van der Waals surface area (Å²) in [5, 5.41) is 3.39. The van der Waals surface area contributed by atoms with Gasteiger partial charge in [-0.05, 0) is 55.7 Å². The zero-order valence-electron chi connectivity index (χ0n) is 18.1. The van der Waals surface area contributed by atoms with Crippen LogP contribution in [0, 0.1) is 0 Å². The van der Waals surface area contributed by atoms with Gasteiger partial charge in [0.25, 0.3) is 5.91 Å². The predicted octanol–water partition coefficient (Wildman–Crippen LogP) is 5.04. The molecule has 33 heavy (non-hydrogen) atoms. The molecule has 7 nitrogen and oxygen atoms in total. The van der Waals surface area contributed by atoms with Crippen molar-refractivity contribution < 1.29 is 4.79 Å². The fraction of sp³-hybridized carbons (Fsp3) is 0.192. The molecule has 0 radical (unpaired) electrons. The van der Waals surface area contributed by atoms with Gasteiger partial charge in [-0.1, -0.05) is 18.2 Å². The van der Waals surface area contributed by atoms with Crippen LogP contribution in [0.1, 0.15) is 41.5 Å². The van der Waals surface area contributed by atoms with E-state index in [0.717, 1.165) is 36.2 Å². The number of hydrogen-bond acceptors (Lipinski definition) is 6. The van der Waals surface area contributed by atoms with Gasteiger partial charge in [-0.25, -0.2) is 9.97 Å². The van der Waals surface area contributed by atoms with Gasteiger partial charge >= 0.3 is 0 Å². The zero-order chi connectivity index (χ0) is 22.5. The molecule has 3 aromatic heterocycles. The Kier molecular flexibility index (Phi) is 6.01. The van der Waals surface area contributed by atoms with Crippen molar-refractivity contribution in [2.75, 3.05) is 11.9 Å². The molecule has 1 aliphatic heterocycles. The standard InChI is InChI=1S/C26H24N6O/c33-26(20-7-6-13-28-18-20)32-16-5-4-10-23(32)25-30-22(19-11-14-27-15-12-19)17-24(31-25)29-21-8-2-1-3-9-21/h1-3,6-9,11-15,17-18,23H,4-5,10,16H2,(H,29,30,31)/t23-/m1/s1. The smallest absolute Gasteiger partial charge is 0.256 e. The second kappa shape index (κ2) is 9.56. The number of amides is 1. The lowest BCUT2D eigenvalue weighted by Crippen LogP contribution is -2.39. The fourth-order valence-electron chi connectivity index (χ4n) is 4.12. The van der Waals surface area contributed by atoms with Crippen molar-refractivity contribution in [3.63, 3.8) is 0 Å². The molecule has 0 bridgehead atoms. The van der Waals surface area contributed by atoms with E-state index in [-0.39, 0.29) is 11.9 Å². The molecule has 1 aromatic carbocycles. The van der Waals surface area contributed by atoms with Crippen molar-refractivity contribution in [3.8, 4) is 11.3 Å². The van der Waals surface area contributed by atoms with E-state index in [4.69, 9.17) is 9.97 Å². The summed E-state index contributed by atoms with van der Waals surface area (Å²) in [5.41, 5.74) is 3.26. The first-order valence-electron chi connectivity index (χ1n) is 11.1. The SMILES string of the molecule is O=C(c1cccnc1)N1CCCC[C@@H]1c1nc(Nc2ccccc2)cc(-c2ccncc2)n1. The molecule has 7 heteroatoms. The number of pyridine rings is 2. The quantitative estimate of drug-likeness (QED) is 0.472. The summed E-state index contributed by atoms with van der Waals surface area (Å²) in [5.74, 6) is 1.29. The molecular weight excluding hydrogens is 412 g/mol. The monoisotopic (exact) mass is 436 g/mol. The number of piperidine rings is 1. The number of anilines is 2. The summed E-state index contributed by atoms with van der Waals surface area (Å²) in [6, 6.07) is 19.1. The first-order chi connectivity index (χ1) is 16.3. The van der Waals surface area contributed by atoms with Crippen LogP contribution in [0.15, 0.2) is 85.5 Å². The van der Waals surface area contributed by atoms with Crippen LogP contribution in [0.25, 0.3) is 11.3 Å². The molecule has 0 spiro atoms. The Morgan fingerprint density at radius 1 is 0.909 bits per heavy atom. The van der Waals surface area contributed by atoms with Gasteiger partial charge in [0.2, 0.25) is 0 Å². The van der Waals surface area contributed by atoms with Gasteiger partial charge in [0, 0.05) is 48.6 Å². The lowest BCUT2D eigenvalue weighted by molar-refractivity contribution is 0.0599. The number of para-hydroxylation sites is 1. The van der Waals surface area contributed by atoms with E-state index in [9.17, 15) is 4.79 Å². The highest BCUT2D eigenvalue weighted by atomic mass is 16.2. The largest absolute Gasteiger partial charge is 0.340 e. The second-order valence-corrected chi connectivity index (χ2v) is 7.98. The van der Waals surface area contributed by atoms with E-state index in [2.05, 4.69) is 15.3 Å². The number of aromatic nitrogens is 4. The lowest BCUT2D eigenvalue weighted by Gasteiger charge is -2.35. The number of carbonyl (C=O) groups excluding carboxylic acids is 1. The van der Waals surface area contributed by atoms with Crippen LogP contribution in [0.2, 0.25) is 0 Å². The maximum atomic E-state index is 13.3. The highest BCUT2D eigenvalue weighted by Gasteiger charge is 2.31. The minimum Gasteiger partial charge on any atom is -0.340 e. The topological polar surface area (TPSA) is 83.9 Å². The van der Waals surface area contributed by atoms with Crippen molar-refractivity contribution in [1.82, 2.24) is 24.8 Å². The third kappa shape index (κ3) is 4.72. The Morgan fingerprint density at radius 3 is 2.55 bits per heavy atom. The first kappa shape index (κ1) is 20.8. The van der Waals surface area contributed by atoms with Gasteiger partial charge in [-0.15, -0.1) is 0 Å². The highest BCUT2D eigenvalue weighted by molar-refractivity contribution is 5.94. The summed E-state index contributed by atoms with van der Waals surface area (Å²) >= 11 is 0. The van der Waals surface area contributed by atoms with Crippen LogP contribution < -0.4 is 5.32 Å². The van der Waals surface area contributed by atoms with E-state index in [1.807, 2.05) is 53.4 Å². The highest BCUT2D eigenvalue weighted by Crippen LogP contribution is 2.33. The summed E-state index contributed by atoms with van der Waals surface area (Å²) in [6.07, 6.45) is 9.59. The second-order valence-electron chi connectivity index (χ2n) is 7.98. The molecule has 0 saturated carbocycles. The molecule has 1 N–H and O–H groups in total. The van der Waals surface area contributed by atoms with Gasteiger partial charge in [0.05, 0.1) is 17.3 Å². The summed E-state index contributed by atoms with van der Waals surface area (Å²) in [6.45, 7) is 0.669. The average molecular weight is 437 g/mol. The molecule has 1 fully saturated rings. The summed E-state index contributed by atoms with van der Waals surface area (Å²) < 4.78 is 0. The lowest BCUT2D eigenvalue weighted by atomic mass is 10.00. The number of carbonyl (C=O) groups is 1. The summed E-state index contributed by atoms with van der Waals surface area (Å²) in [4.78, 5) is 33.2. The first-order valence-corrected chi connectivity index (χ1v) is 11.1. The Bertz CT molecular complexity index is 1220. The Morgan fingerprint density at radius 2 is 1.76 bits per heavy atom. The van der Waals surface area contributed by atoms with Crippen LogP contribution in [-0.2, 0) is 0 Å². The zero-order valence-corrected chi connectivity index (χ0v) is 18.1. The number of nitrogens with zero attached hydrogens (tertiary/aromatic N) is 5. The molecule has 4 aromatic rings. The van der Waals surface area contributed by atoms with Crippen molar-refractivity contribution in [1.29, 1.82) is 0 Å². The van der Waals surface area contributed by atoms with Crippen LogP contribution >= 0.6 is 0 Å². The van der Waals surface area contributed by atoms with E-state index in [0.29, 0.717) is 23.8 Å². The van der Waals surface area contributed by atoms with Gasteiger partial charge in [0.1, 0.15) is 5.82 Å². The third-order valence-corrected chi connectivity index (χ3v) is 5.74. The molecule has 1 saturated heterocycles. The maximum Gasteiger partial charge on any atom is 0.256 e. The van der Waals surface area contributed by atoms with Crippen molar-refractivity contribution in [2.45, 2.75) is 25.3 Å². The van der Waals surface area contributed by atoms with Crippen LogP contribution in [0.4, 0.5) is 11.5 Å². The normalized spacial score (nSPS) is 15.8. The number of hydrogen-bond donors (Lipinski definition) is 1. The maximum absolute atomic E-state index is 13.3. The van der Waals surface area contributed by atoms with E-state index in [1.54, 1.807) is 36.9 Å². The molecule has 0 aliphatic carbocycles. The third-order valence-electron chi connectivity index (χ3n) is 5.74. The van der Waals surface area contributed by atoms with Crippen LogP contribution in [-0.4, -0.2) is 37.3 Å². The van der Waals surface area contributed by atoms with Crippen molar-refractivity contribution in [2.24, 2.45) is 0 Å². The van der Waals surface area contributed by atoms with Gasteiger partial charge in [0.15, 0.2) is 5.82 Å². The Labute approximate surface area is 192 Å². The van der Waals surface area contributed by atoms with Gasteiger partial charge < -0.3 is 10.2 Å². The molecule has 164 valence electrons. The number of benzene rings is 1. The average Bonchev–Trinajstić information content (AvgIpc) is 2.90. The van der Waals surface area contributed by atoms with Crippen LogP contribution in [0.5, 0.6) is 0 Å². The molecular formula is C26H24N6O. The number of rotatable bonds is 5. The predicted molar refractivity (Wildman–Crippen MR) is 127 cm³/mol. The summed E-state index contributed by atoms with van der Waals surface area (Å²) in [7, 11) is 0. The van der Waals surface area contributed by atoms with E-state index in [1.165, 1.54) is 0 Å². The minimum absolute atomic E-state index is 0.0386. The molecule has 5 rings (SSSR count). The fourth-order valence-corrected chi connectivity index (χ4v) is 4.12. The van der Waals surface area contributed by atoms with Gasteiger partial charge in [-0.3, -0.25) is 14.8 Å². The molecule has 0 unspecified atom stereocenters. The molecule has 4 heterocycles.